The molecule has 1 heterocycles. The van der Waals surface area contributed by atoms with Gasteiger partial charge in [-0.15, -0.1) is 0 Å². The number of fused-ring (bicyclic) bond motifs is 1. The van der Waals surface area contributed by atoms with E-state index in [4.69, 9.17) is 0 Å². The fraction of sp³-hybridized carbons (Fsp3) is 0.261. The van der Waals surface area contributed by atoms with Gasteiger partial charge in [0.25, 0.3) is 5.69 Å². The number of aromatic nitrogens is 1. The van der Waals surface area contributed by atoms with Gasteiger partial charge in [0, 0.05) is 35.7 Å². The number of nitro groups is 1. The van der Waals surface area contributed by atoms with E-state index in [0.717, 1.165) is 36.9 Å². The summed E-state index contributed by atoms with van der Waals surface area (Å²) in [5.41, 5.74) is 2.45. The van der Waals surface area contributed by atoms with Crippen molar-refractivity contribution in [2.24, 2.45) is 5.92 Å². The first-order chi connectivity index (χ1) is 15.0. The molecule has 1 saturated carbocycles. The van der Waals surface area contributed by atoms with E-state index in [1.165, 1.54) is 12.1 Å². The molecule has 0 unspecified atom stereocenters. The van der Waals surface area contributed by atoms with E-state index in [0.29, 0.717) is 28.8 Å². The minimum atomic E-state index is -0.495. The number of nitriles is 1. The zero-order valence-electron chi connectivity index (χ0n) is 16.8. The molecule has 156 valence electrons. The van der Waals surface area contributed by atoms with Crippen molar-refractivity contribution in [1.82, 2.24) is 4.98 Å². The van der Waals surface area contributed by atoms with Crippen LogP contribution in [0.1, 0.15) is 36.8 Å². The van der Waals surface area contributed by atoms with Crippen molar-refractivity contribution >= 4 is 34.0 Å². The summed E-state index contributed by atoms with van der Waals surface area (Å²) in [4.78, 5) is 27.3. The third-order valence-electron chi connectivity index (χ3n) is 5.52. The second kappa shape index (κ2) is 8.79. The second-order valence-electron chi connectivity index (χ2n) is 7.65. The van der Waals surface area contributed by atoms with Crippen LogP contribution in [0.4, 0.5) is 17.2 Å². The molecule has 0 saturated heterocycles. The molecule has 0 bridgehead atoms. The SMILES string of the molecule is N#Cc1cc(NCc2cccc(NC(=O)C3CCCC3)c2)nc2ccc([N+](=O)[O-])cc12. The van der Waals surface area contributed by atoms with Crippen LogP contribution in [0, 0.1) is 27.4 Å². The third-order valence-corrected chi connectivity index (χ3v) is 5.52. The van der Waals surface area contributed by atoms with Crippen LogP contribution < -0.4 is 10.6 Å². The van der Waals surface area contributed by atoms with Crippen LogP contribution >= 0.6 is 0 Å². The Morgan fingerprint density at radius 3 is 2.74 bits per heavy atom. The van der Waals surface area contributed by atoms with Crippen LogP contribution in [-0.2, 0) is 11.3 Å². The van der Waals surface area contributed by atoms with E-state index in [2.05, 4.69) is 21.7 Å². The van der Waals surface area contributed by atoms with Crippen molar-refractivity contribution in [3.8, 4) is 6.07 Å². The number of nitrogens with zero attached hydrogens (tertiary/aromatic N) is 3. The molecule has 0 radical (unpaired) electrons. The van der Waals surface area contributed by atoms with Gasteiger partial charge in [0.1, 0.15) is 5.82 Å². The summed E-state index contributed by atoms with van der Waals surface area (Å²) in [5.74, 6) is 0.675. The molecule has 1 aromatic heterocycles. The largest absolute Gasteiger partial charge is 0.366 e. The number of benzene rings is 2. The highest BCUT2D eigenvalue weighted by Gasteiger charge is 2.22. The summed E-state index contributed by atoms with van der Waals surface area (Å²) in [6.07, 6.45) is 4.12. The Morgan fingerprint density at radius 2 is 2.00 bits per heavy atom. The molecule has 4 rings (SSSR count). The lowest BCUT2D eigenvalue weighted by molar-refractivity contribution is -0.384. The molecule has 8 nitrogen and oxygen atoms in total. The number of amides is 1. The predicted molar refractivity (Wildman–Crippen MR) is 117 cm³/mol. The van der Waals surface area contributed by atoms with E-state index in [-0.39, 0.29) is 17.5 Å². The van der Waals surface area contributed by atoms with Gasteiger partial charge in [-0.3, -0.25) is 14.9 Å². The van der Waals surface area contributed by atoms with Crippen molar-refractivity contribution < 1.29 is 9.72 Å². The predicted octanol–water partition coefficient (Wildman–Crippen LogP) is 4.76. The van der Waals surface area contributed by atoms with Gasteiger partial charge in [0.2, 0.25) is 5.91 Å². The summed E-state index contributed by atoms with van der Waals surface area (Å²) in [7, 11) is 0. The van der Waals surface area contributed by atoms with Crippen molar-refractivity contribution in [3.05, 3.63) is 69.8 Å². The minimum absolute atomic E-state index is 0.0755. The van der Waals surface area contributed by atoms with Crippen LogP contribution in [0.15, 0.2) is 48.5 Å². The maximum atomic E-state index is 12.4. The van der Waals surface area contributed by atoms with Gasteiger partial charge in [-0.25, -0.2) is 4.98 Å². The number of hydrogen-bond donors (Lipinski definition) is 2. The number of non-ortho nitro benzene ring substituents is 1. The van der Waals surface area contributed by atoms with Crippen molar-refractivity contribution in [2.45, 2.75) is 32.2 Å². The maximum Gasteiger partial charge on any atom is 0.270 e. The topological polar surface area (TPSA) is 121 Å². The van der Waals surface area contributed by atoms with Gasteiger partial charge in [0.15, 0.2) is 0 Å². The van der Waals surface area contributed by atoms with Crippen LogP contribution in [-0.4, -0.2) is 15.8 Å². The highest BCUT2D eigenvalue weighted by Crippen LogP contribution is 2.27. The molecular weight excluding hydrogens is 394 g/mol. The monoisotopic (exact) mass is 415 g/mol. The molecule has 2 N–H and O–H groups in total. The molecule has 31 heavy (non-hydrogen) atoms. The van der Waals surface area contributed by atoms with Crippen molar-refractivity contribution in [1.29, 1.82) is 5.26 Å². The molecular formula is C23H21N5O3. The Hall–Kier alpha value is -3.99. The molecule has 8 heteroatoms. The summed E-state index contributed by atoms with van der Waals surface area (Å²) in [6.45, 7) is 0.448. The van der Waals surface area contributed by atoms with Crippen LogP contribution in [0.5, 0.6) is 0 Å². The van der Waals surface area contributed by atoms with Crippen molar-refractivity contribution in [3.63, 3.8) is 0 Å². The molecule has 1 amide bonds. The Labute approximate surface area is 179 Å². The average Bonchev–Trinajstić information content (AvgIpc) is 3.32. The molecule has 2 aromatic carbocycles. The fourth-order valence-corrected chi connectivity index (χ4v) is 3.89. The number of anilines is 2. The van der Waals surface area contributed by atoms with Crippen LogP contribution in [0.25, 0.3) is 10.9 Å². The first-order valence-electron chi connectivity index (χ1n) is 10.2. The molecule has 3 aromatic rings. The van der Waals surface area contributed by atoms with Gasteiger partial charge < -0.3 is 10.6 Å². The first kappa shape index (κ1) is 20.3. The minimum Gasteiger partial charge on any atom is -0.366 e. The molecule has 0 spiro atoms. The van der Waals surface area contributed by atoms with Crippen molar-refractivity contribution in [2.75, 3.05) is 10.6 Å². The zero-order valence-corrected chi connectivity index (χ0v) is 16.8. The van der Waals surface area contributed by atoms with E-state index < -0.39 is 4.92 Å². The molecule has 0 atom stereocenters. The quantitative estimate of drug-likeness (QED) is 0.442. The highest BCUT2D eigenvalue weighted by molar-refractivity contribution is 5.92. The number of rotatable bonds is 6. The lowest BCUT2D eigenvalue weighted by atomic mass is 10.1. The molecule has 0 aliphatic heterocycles. The zero-order chi connectivity index (χ0) is 21.8. The average molecular weight is 415 g/mol. The number of carbonyl (C=O) groups excluding carboxylic acids is 1. The number of carbonyl (C=O) groups is 1. The molecule has 1 aliphatic rings. The Balaban J connectivity index is 1.48. The Kier molecular flexibility index (Phi) is 5.76. The van der Waals surface area contributed by atoms with Crippen LogP contribution in [0.2, 0.25) is 0 Å². The van der Waals surface area contributed by atoms with E-state index in [1.54, 1.807) is 12.1 Å². The van der Waals surface area contributed by atoms with Gasteiger partial charge in [-0.2, -0.15) is 5.26 Å². The normalized spacial score (nSPS) is 13.6. The Bertz CT molecular complexity index is 1200. The smallest absolute Gasteiger partial charge is 0.270 e. The number of hydrogen-bond acceptors (Lipinski definition) is 6. The lowest BCUT2D eigenvalue weighted by Crippen LogP contribution is -2.20. The van der Waals surface area contributed by atoms with Gasteiger partial charge in [-0.05, 0) is 42.7 Å². The molecule has 1 fully saturated rings. The van der Waals surface area contributed by atoms with E-state index in [9.17, 15) is 20.2 Å². The Morgan fingerprint density at radius 1 is 1.19 bits per heavy atom. The number of nitro benzene ring substituents is 1. The van der Waals surface area contributed by atoms with Crippen LogP contribution in [0.3, 0.4) is 0 Å². The standard InChI is InChI=1S/C23H21N5O3/c24-13-17-11-22(27-21-9-8-19(28(30)31)12-20(17)21)25-14-15-4-3-7-18(10-15)26-23(29)16-5-1-2-6-16/h3-4,7-12,16H,1-2,5-6,14H2,(H,25,27)(H,26,29). The highest BCUT2D eigenvalue weighted by atomic mass is 16.6. The van der Waals surface area contributed by atoms with Gasteiger partial charge in [-0.1, -0.05) is 25.0 Å². The summed E-state index contributed by atoms with van der Waals surface area (Å²) < 4.78 is 0. The van der Waals surface area contributed by atoms with Gasteiger partial charge >= 0.3 is 0 Å². The summed E-state index contributed by atoms with van der Waals surface area (Å²) in [6, 6.07) is 15.5. The molecule has 1 aliphatic carbocycles. The summed E-state index contributed by atoms with van der Waals surface area (Å²) in [5, 5.41) is 27.1. The lowest BCUT2D eigenvalue weighted by Gasteiger charge is -2.12. The maximum absolute atomic E-state index is 12.4. The number of nitrogens with one attached hydrogen (secondary N) is 2. The van der Waals surface area contributed by atoms with E-state index >= 15 is 0 Å². The van der Waals surface area contributed by atoms with E-state index in [1.807, 2.05) is 24.3 Å². The first-order valence-corrected chi connectivity index (χ1v) is 10.2. The summed E-state index contributed by atoms with van der Waals surface area (Å²) >= 11 is 0. The van der Waals surface area contributed by atoms with Gasteiger partial charge in [0.05, 0.1) is 22.1 Å². The number of pyridine rings is 1. The second-order valence-corrected chi connectivity index (χ2v) is 7.65. The third kappa shape index (κ3) is 4.61. The fourth-order valence-electron chi connectivity index (χ4n) is 3.89.